The molecule has 2 fully saturated rings. The predicted octanol–water partition coefficient (Wildman–Crippen LogP) is 2.35. The summed E-state index contributed by atoms with van der Waals surface area (Å²) in [6.07, 6.45) is 5.70. The van der Waals surface area contributed by atoms with Gasteiger partial charge in [-0.15, -0.1) is 0 Å². The molecule has 0 radical (unpaired) electrons. The van der Waals surface area contributed by atoms with E-state index in [4.69, 9.17) is 22.0 Å². The van der Waals surface area contributed by atoms with Crippen LogP contribution in [0.15, 0.2) is 12.3 Å². The summed E-state index contributed by atoms with van der Waals surface area (Å²) >= 11 is 6.11. The summed E-state index contributed by atoms with van der Waals surface area (Å²) in [6, 6.07) is 4.15. The first kappa shape index (κ1) is 16.0. The minimum atomic E-state index is -0.765. The summed E-state index contributed by atoms with van der Waals surface area (Å²) in [4.78, 5) is 17.3. The lowest BCUT2D eigenvalue weighted by molar-refractivity contribution is -0.139. The fraction of sp³-hybridized carbons (Fsp3) is 0.562. The summed E-state index contributed by atoms with van der Waals surface area (Å²) in [7, 11) is 0. The Morgan fingerprint density at radius 1 is 1.52 bits per heavy atom. The van der Waals surface area contributed by atoms with E-state index in [0.717, 1.165) is 19.4 Å². The van der Waals surface area contributed by atoms with Gasteiger partial charge in [-0.25, -0.2) is 4.98 Å². The Labute approximate surface area is 140 Å². The molecule has 2 saturated carbocycles. The number of aliphatic carboxylic acids is 1. The highest BCUT2D eigenvalue weighted by Gasteiger charge is 2.37. The molecule has 2 N–H and O–H groups in total. The standard InChI is InChI=1S/C16H19ClN4O2/c17-14-3-11(6-18)7-19-16(14)20-12-4-13(5-12)21(9-15(22)23)8-10-1-2-10/h3,7,10,12-13H,1-2,4-5,8-9H2,(H,19,20)(H,22,23). The Bertz CT molecular complexity index is 635. The normalized spacial score (nSPS) is 23.2. The molecule has 7 heteroatoms. The van der Waals surface area contributed by atoms with Crippen molar-refractivity contribution in [2.75, 3.05) is 18.4 Å². The van der Waals surface area contributed by atoms with Gasteiger partial charge in [0.1, 0.15) is 11.9 Å². The second-order valence-corrected chi connectivity index (χ2v) is 6.81. The monoisotopic (exact) mass is 334 g/mol. The van der Waals surface area contributed by atoms with E-state index in [-0.39, 0.29) is 12.6 Å². The lowest BCUT2D eigenvalue weighted by atomic mass is 9.85. The highest BCUT2D eigenvalue weighted by atomic mass is 35.5. The van der Waals surface area contributed by atoms with Crippen LogP contribution in [-0.2, 0) is 4.79 Å². The van der Waals surface area contributed by atoms with Crippen LogP contribution in [0.3, 0.4) is 0 Å². The maximum Gasteiger partial charge on any atom is 0.317 e. The number of carboxylic acids is 1. The Morgan fingerprint density at radius 3 is 2.83 bits per heavy atom. The minimum Gasteiger partial charge on any atom is -0.480 e. The zero-order valence-electron chi connectivity index (χ0n) is 12.7. The average molecular weight is 335 g/mol. The van der Waals surface area contributed by atoms with Gasteiger partial charge in [-0.3, -0.25) is 9.69 Å². The van der Waals surface area contributed by atoms with Gasteiger partial charge in [0.25, 0.3) is 0 Å². The maximum atomic E-state index is 11.0. The lowest BCUT2D eigenvalue weighted by Crippen LogP contribution is -2.52. The molecular weight excluding hydrogens is 316 g/mol. The molecule has 0 unspecified atom stereocenters. The van der Waals surface area contributed by atoms with Crippen molar-refractivity contribution in [1.29, 1.82) is 5.26 Å². The summed E-state index contributed by atoms with van der Waals surface area (Å²) in [5.41, 5.74) is 0.434. The lowest BCUT2D eigenvalue weighted by Gasteiger charge is -2.43. The van der Waals surface area contributed by atoms with Gasteiger partial charge in [0.15, 0.2) is 0 Å². The maximum absolute atomic E-state index is 11.0. The third-order valence-corrected chi connectivity index (χ3v) is 4.76. The zero-order valence-corrected chi connectivity index (χ0v) is 13.5. The predicted molar refractivity (Wildman–Crippen MR) is 86.3 cm³/mol. The number of rotatable bonds is 7. The second-order valence-electron chi connectivity index (χ2n) is 6.40. The molecule has 23 heavy (non-hydrogen) atoms. The number of aromatic nitrogens is 1. The Kier molecular flexibility index (Phi) is 4.69. The van der Waals surface area contributed by atoms with Crippen LogP contribution in [0.2, 0.25) is 5.02 Å². The molecule has 0 amide bonds. The fourth-order valence-electron chi connectivity index (χ4n) is 2.95. The largest absolute Gasteiger partial charge is 0.480 e. The van der Waals surface area contributed by atoms with E-state index >= 15 is 0 Å². The molecule has 0 spiro atoms. The summed E-state index contributed by atoms with van der Waals surface area (Å²) in [5, 5.41) is 21.6. The van der Waals surface area contributed by atoms with Gasteiger partial charge in [0.05, 0.1) is 17.1 Å². The van der Waals surface area contributed by atoms with Gasteiger partial charge < -0.3 is 10.4 Å². The topological polar surface area (TPSA) is 89.3 Å². The smallest absolute Gasteiger partial charge is 0.317 e. The molecule has 122 valence electrons. The van der Waals surface area contributed by atoms with Crippen molar-refractivity contribution in [3.05, 3.63) is 22.8 Å². The van der Waals surface area contributed by atoms with E-state index in [0.29, 0.717) is 28.4 Å². The molecule has 2 aliphatic rings. The number of hydrogen-bond acceptors (Lipinski definition) is 5. The number of carbonyl (C=O) groups is 1. The van der Waals surface area contributed by atoms with Gasteiger partial charge in [0, 0.05) is 24.8 Å². The fourth-order valence-corrected chi connectivity index (χ4v) is 3.17. The van der Waals surface area contributed by atoms with E-state index in [1.165, 1.54) is 19.0 Å². The molecule has 1 aromatic rings. The Balaban J connectivity index is 1.53. The van der Waals surface area contributed by atoms with Gasteiger partial charge in [-0.2, -0.15) is 5.26 Å². The average Bonchev–Trinajstić information content (AvgIpc) is 3.26. The summed E-state index contributed by atoms with van der Waals surface area (Å²) < 4.78 is 0. The summed E-state index contributed by atoms with van der Waals surface area (Å²) in [6.45, 7) is 1.00. The number of carboxylic acid groups (broad SMARTS) is 1. The Morgan fingerprint density at radius 2 is 2.26 bits per heavy atom. The first-order chi connectivity index (χ1) is 11.0. The Hall–Kier alpha value is -1.84. The van der Waals surface area contributed by atoms with Gasteiger partial charge in [-0.1, -0.05) is 11.6 Å². The van der Waals surface area contributed by atoms with Crippen LogP contribution < -0.4 is 5.32 Å². The van der Waals surface area contributed by atoms with E-state index in [2.05, 4.69) is 15.2 Å². The van der Waals surface area contributed by atoms with Crippen LogP contribution in [0.5, 0.6) is 0 Å². The molecular formula is C16H19ClN4O2. The first-order valence-corrected chi connectivity index (χ1v) is 8.21. The third kappa shape index (κ3) is 4.12. The number of hydrogen-bond donors (Lipinski definition) is 2. The van der Waals surface area contributed by atoms with Crippen molar-refractivity contribution >= 4 is 23.4 Å². The molecule has 3 rings (SSSR count). The highest BCUT2D eigenvalue weighted by Crippen LogP contribution is 2.35. The second kappa shape index (κ2) is 6.73. The van der Waals surface area contributed by atoms with Crippen molar-refractivity contribution in [2.24, 2.45) is 5.92 Å². The molecule has 0 aliphatic heterocycles. The van der Waals surface area contributed by atoms with Crippen molar-refractivity contribution in [1.82, 2.24) is 9.88 Å². The van der Waals surface area contributed by atoms with E-state index in [1.807, 2.05) is 6.07 Å². The van der Waals surface area contributed by atoms with Crippen LogP contribution in [0.25, 0.3) is 0 Å². The van der Waals surface area contributed by atoms with Crippen LogP contribution >= 0.6 is 11.6 Å². The van der Waals surface area contributed by atoms with Gasteiger partial charge in [-0.05, 0) is 37.7 Å². The highest BCUT2D eigenvalue weighted by molar-refractivity contribution is 6.33. The number of anilines is 1. The number of nitrogens with one attached hydrogen (secondary N) is 1. The number of nitrogens with zero attached hydrogens (tertiary/aromatic N) is 3. The molecule has 1 aromatic heterocycles. The molecule has 0 atom stereocenters. The minimum absolute atomic E-state index is 0.115. The molecule has 2 aliphatic carbocycles. The number of nitriles is 1. The van der Waals surface area contributed by atoms with Crippen LogP contribution in [0, 0.1) is 17.2 Å². The number of pyridine rings is 1. The third-order valence-electron chi connectivity index (χ3n) is 4.47. The van der Waals surface area contributed by atoms with Crippen molar-refractivity contribution in [2.45, 2.75) is 37.8 Å². The van der Waals surface area contributed by atoms with Crippen LogP contribution in [0.1, 0.15) is 31.2 Å². The van der Waals surface area contributed by atoms with Crippen molar-refractivity contribution in [3.63, 3.8) is 0 Å². The van der Waals surface area contributed by atoms with E-state index < -0.39 is 5.97 Å². The van der Waals surface area contributed by atoms with E-state index in [9.17, 15) is 4.79 Å². The van der Waals surface area contributed by atoms with Crippen LogP contribution in [-0.4, -0.2) is 46.1 Å². The molecule has 0 aromatic carbocycles. The molecule has 0 bridgehead atoms. The molecule has 6 nitrogen and oxygen atoms in total. The first-order valence-electron chi connectivity index (χ1n) is 7.83. The van der Waals surface area contributed by atoms with Crippen molar-refractivity contribution in [3.8, 4) is 6.07 Å². The summed E-state index contributed by atoms with van der Waals surface area (Å²) in [5.74, 6) is 0.496. The zero-order chi connectivity index (χ0) is 16.4. The van der Waals surface area contributed by atoms with Crippen molar-refractivity contribution < 1.29 is 9.90 Å². The number of halogens is 1. The van der Waals surface area contributed by atoms with E-state index in [1.54, 1.807) is 6.07 Å². The SMILES string of the molecule is N#Cc1cnc(NC2CC(N(CC(=O)O)CC3CC3)C2)c(Cl)c1. The van der Waals surface area contributed by atoms with Crippen LogP contribution in [0.4, 0.5) is 5.82 Å². The quantitative estimate of drug-likeness (QED) is 0.795. The van der Waals surface area contributed by atoms with Gasteiger partial charge in [0.2, 0.25) is 0 Å². The molecule has 0 saturated heterocycles. The molecule has 1 heterocycles. The van der Waals surface area contributed by atoms with Gasteiger partial charge >= 0.3 is 5.97 Å².